The molecule has 1 unspecified atom stereocenters. The summed E-state index contributed by atoms with van der Waals surface area (Å²) in [6.07, 6.45) is 2.18. The van der Waals surface area contributed by atoms with Gasteiger partial charge >= 0.3 is 6.03 Å². The summed E-state index contributed by atoms with van der Waals surface area (Å²) in [6.45, 7) is 1.58. The number of fused-ring (bicyclic) bond motifs is 1. The van der Waals surface area contributed by atoms with Gasteiger partial charge in [-0.2, -0.15) is 0 Å². The normalized spacial score (nSPS) is 21.6. The number of benzene rings is 1. The van der Waals surface area contributed by atoms with Gasteiger partial charge in [-0.1, -0.05) is 12.1 Å². The summed E-state index contributed by atoms with van der Waals surface area (Å²) in [5.41, 5.74) is 0. The summed E-state index contributed by atoms with van der Waals surface area (Å²) in [7, 11) is -3.15. The molecule has 8 nitrogen and oxygen atoms in total. The van der Waals surface area contributed by atoms with Crippen molar-refractivity contribution >= 4 is 16.1 Å². The average Bonchev–Trinajstić information content (AvgIpc) is 2.59. The van der Waals surface area contributed by atoms with Gasteiger partial charge in [0.25, 0.3) is 0 Å². The fraction of sp³-hybridized carbons (Fsp3) is 0.562. The average molecular weight is 369 g/mol. The number of nitrogens with zero attached hydrogens (tertiary/aromatic N) is 1. The Morgan fingerprint density at radius 3 is 2.60 bits per heavy atom. The van der Waals surface area contributed by atoms with Crippen LogP contribution in [-0.2, 0) is 10.0 Å². The van der Waals surface area contributed by atoms with Crippen molar-refractivity contribution in [3.05, 3.63) is 24.3 Å². The van der Waals surface area contributed by atoms with E-state index in [4.69, 9.17) is 9.47 Å². The number of amides is 2. The molecule has 0 radical (unpaired) electrons. The first kappa shape index (κ1) is 17.8. The molecule has 1 saturated heterocycles. The molecule has 0 saturated carbocycles. The Bertz CT molecular complexity index is 716. The zero-order valence-corrected chi connectivity index (χ0v) is 14.9. The van der Waals surface area contributed by atoms with Crippen molar-refractivity contribution < 1.29 is 22.7 Å². The van der Waals surface area contributed by atoms with E-state index < -0.39 is 10.0 Å². The van der Waals surface area contributed by atoms with Crippen molar-refractivity contribution in [2.75, 3.05) is 32.5 Å². The Morgan fingerprint density at radius 2 is 1.92 bits per heavy atom. The number of rotatable bonds is 4. The summed E-state index contributed by atoms with van der Waals surface area (Å²) < 4.78 is 35.8. The van der Waals surface area contributed by atoms with Crippen LogP contribution < -0.4 is 20.1 Å². The van der Waals surface area contributed by atoms with Crippen LogP contribution in [0.2, 0.25) is 0 Å². The van der Waals surface area contributed by atoms with Crippen molar-refractivity contribution in [3.8, 4) is 11.5 Å². The van der Waals surface area contributed by atoms with Gasteiger partial charge in [0.1, 0.15) is 6.61 Å². The molecular weight excluding hydrogens is 346 g/mol. The van der Waals surface area contributed by atoms with E-state index in [0.29, 0.717) is 50.6 Å². The third kappa shape index (κ3) is 4.76. The fourth-order valence-electron chi connectivity index (χ4n) is 2.94. The zero-order chi connectivity index (χ0) is 17.9. The summed E-state index contributed by atoms with van der Waals surface area (Å²) in [5, 5.41) is 5.67. The number of urea groups is 1. The molecule has 2 aliphatic heterocycles. The van der Waals surface area contributed by atoms with Crippen LogP contribution in [0.5, 0.6) is 11.5 Å². The lowest BCUT2D eigenvalue weighted by atomic mass is 10.1. The molecule has 9 heteroatoms. The maximum atomic E-state index is 12.0. The highest BCUT2D eigenvalue weighted by molar-refractivity contribution is 7.88. The predicted octanol–water partition coefficient (Wildman–Crippen LogP) is 0.550. The highest BCUT2D eigenvalue weighted by Gasteiger charge is 2.26. The van der Waals surface area contributed by atoms with Crippen molar-refractivity contribution in [3.63, 3.8) is 0 Å². The Kier molecular flexibility index (Phi) is 5.33. The quantitative estimate of drug-likeness (QED) is 0.808. The van der Waals surface area contributed by atoms with Crippen LogP contribution in [0.4, 0.5) is 4.79 Å². The predicted molar refractivity (Wildman–Crippen MR) is 92.3 cm³/mol. The Balaban J connectivity index is 1.39. The van der Waals surface area contributed by atoms with Crippen molar-refractivity contribution in [2.45, 2.75) is 25.0 Å². The first-order chi connectivity index (χ1) is 11.9. The Morgan fingerprint density at radius 1 is 1.24 bits per heavy atom. The van der Waals surface area contributed by atoms with E-state index in [0.717, 1.165) is 0 Å². The number of nitrogens with one attached hydrogen (secondary N) is 2. The number of para-hydroxylation sites is 2. The maximum absolute atomic E-state index is 12.0. The maximum Gasteiger partial charge on any atom is 0.315 e. The molecule has 138 valence electrons. The SMILES string of the molecule is CS(=O)(=O)N1CCC(NC(=O)NCC2COc3ccccc3O2)CC1. The summed E-state index contributed by atoms with van der Waals surface area (Å²) in [6, 6.07) is 7.12. The lowest BCUT2D eigenvalue weighted by Gasteiger charge is -2.31. The van der Waals surface area contributed by atoms with Crippen LogP contribution in [0.15, 0.2) is 24.3 Å². The first-order valence-electron chi connectivity index (χ1n) is 8.30. The molecule has 0 aromatic heterocycles. The van der Waals surface area contributed by atoms with Gasteiger partial charge in [0, 0.05) is 19.1 Å². The minimum absolute atomic E-state index is 0.0257. The van der Waals surface area contributed by atoms with Crippen LogP contribution in [0.3, 0.4) is 0 Å². The third-order valence-electron chi connectivity index (χ3n) is 4.32. The van der Waals surface area contributed by atoms with Gasteiger partial charge in [0.15, 0.2) is 17.6 Å². The van der Waals surface area contributed by atoms with E-state index in [2.05, 4.69) is 10.6 Å². The van der Waals surface area contributed by atoms with Crippen molar-refractivity contribution in [2.24, 2.45) is 0 Å². The molecular formula is C16H23N3O5S. The standard InChI is InChI=1S/C16H23N3O5S/c1-25(21,22)19-8-6-12(7-9-19)18-16(20)17-10-13-11-23-14-4-2-3-5-15(14)24-13/h2-5,12-13H,6-11H2,1H3,(H2,17,18,20). The van der Waals surface area contributed by atoms with Crippen LogP contribution >= 0.6 is 0 Å². The molecule has 2 N–H and O–H groups in total. The van der Waals surface area contributed by atoms with Gasteiger partial charge < -0.3 is 20.1 Å². The second-order valence-corrected chi connectivity index (χ2v) is 8.27. The summed E-state index contributed by atoms with van der Waals surface area (Å²) in [4.78, 5) is 12.0. The fourth-order valence-corrected chi connectivity index (χ4v) is 3.81. The first-order valence-corrected chi connectivity index (χ1v) is 10.1. The second-order valence-electron chi connectivity index (χ2n) is 6.29. The molecule has 1 fully saturated rings. The van der Waals surface area contributed by atoms with Crippen LogP contribution in [0.1, 0.15) is 12.8 Å². The molecule has 0 spiro atoms. The van der Waals surface area contributed by atoms with Gasteiger partial charge in [-0.05, 0) is 25.0 Å². The number of carbonyl (C=O) groups is 1. The van der Waals surface area contributed by atoms with Gasteiger partial charge in [0.05, 0.1) is 12.8 Å². The zero-order valence-electron chi connectivity index (χ0n) is 14.1. The smallest absolute Gasteiger partial charge is 0.315 e. The topological polar surface area (TPSA) is 97.0 Å². The molecule has 1 aromatic carbocycles. The van der Waals surface area contributed by atoms with Gasteiger partial charge in [-0.15, -0.1) is 0 Å². The van der Waals surface area contributed by atoms with Crippen molar-refractivity contribution in [1.82, 2.24) is 14.9 Å². The number of ether oxygens (including phenoxy) is 2. The number of hydrogen-bond donors (Lipinski definition) is 2. The lowest BCUT2D eigenvalue weighted by molar-refractivity contribution is 0.0916. The van der Waals surface area contributed by atoms with E-state index >= 15 is 0 Å². The molecule has 2 aliphatic rings. The molecule has 0 bridgehead atoms. The van der Waals surface area contributed by atoms with E-state index in [1.165, 1.54) is 10.6 Å². The lowest BCUT2D eigenvalue weighted by Crippen LogP contribution is -2.50. The number of piperidine rings is 1. The minimum atomic E-state index is -3.15. The van der Waals surface area contributed by atoms with E-state index in [1.54, 1.807) is 0 Å². The van der Waals surface area contributed by atoms with E-state index in [1.807, 2.05) is 24.3 Å². The van der Waals surface area contributed by atoms with Gasteiger partial charge in [0.2, 0.25) is 10.0 Å². The van der Waals surface area contributed by atoms with E-state index in [9.17, 15) is 13.2 Å². The Labute approximate surface area is 147 Å². The summed E-state index contributed by atoms with van der Waals surface area (Å²) in [5.74, 6) is 1.38. The number of hydrogen-bond acceptors (Lipinski definition) is 5. The highest BCUT2D eigenvalue weighted by Crippen LogP contribution is 2.30. The third-order valence-corrected chi connectivity index (χ3v) is 5.62. The molecule has 1 atom stereocenters. The highest BCUT2D eigenvalue weighted by atomic mass is 32.2. The second kappa shape index (κ2) is 7.49. The molecule has 2 amide bonds. The van der Waals surface area contributed by atoms with Crippen molar-refractivity contribution in [1.29, 1.82) is 0 Å². The van der Waals surface area contributed by atoms with Crippen LogP contribution in [0.25, 0.3) is 0 Å². The molecule has 3 rings (SSSR count). The number of carbonyl (C=O) groups excluding carboxylic acids is 1. The molecule has 2 heterocycles. The largest absolute Gasteiger partial charge is 0.486 e. The van der Waals surface area contributed by atoms with Gasteiger partial charge in [-0.3, -0.25) is 0 Å². The molecule has 1 aromatic rings. The van der Waals surface area contributed by atoms with Gasteiger partial charge in [-0.25, -0.2) is 17.5 Å². The van der Waals surface area contributed by atoms with Crippen LogP contribution in [-0.4, -0.2) is 63.4 Å². The van der Waals surface area contributed by atoms with Crippen LogP contribution in [0, 0.1) is 0 Å². The Hall–Kier alpha value is -2.00. The molecule has 25 heavy (non-hydrogen) atoms. The molecule has 0 aliphatic carbocycles. The van der Waals surface area contributed by atoms with E-state index in [-0.39, 0.29) is 18.2 Å². The minimum Gasteiger partial charge on any atom is -0.486 e. The summed E-state index contributed by atoms with van der Waals surface area (Å²) >= 11 is 0. The number of sulfonamides is 1. The monoisotopic (exact) mass is 369 g/mol.